The smallest absolute Gasteiger partial charge is 0.245 e. The number of primary amides is 1. The number of nitrogens with zero attached hydrogens (tertiary/aromatic N) is 2. The molecule has 0 unspecified atom stereocenters. The molecule has 9 heteroatoms. The third-order valence-electron chi connectivity index (χ3n) is 4.98. The first-order valence-electron chi connectivity index (χ1n) is 9.05. The second-order valence-corrected chi connectivity index (χ2v) is 9.35. The fourth-order valence-electron chi connectivity index (χ4n) is 3.40. The van der Waals surface area contributed by atoms with Gasteiger partial charge in [-0.05, 0) is 44.0 Å². The molecule has 1 aromatic rings. The van der Waals surface area contributed by atoms with Gasteiger partial charge in [-0.2, -0.15) is 4.31 Å². The monoisotopic (exact) mass is 427 g/mol. The number of likely N-dealkylation sites (N-methyl/N-ethyl adjacent to an activating group) is 1. The molecule has 0 spiro atoms. The predicted octanol–water partition coefficient (Wildman–Crippen LogP) is 2.22. The fourth-order valence-corrected chi connectivity index (χ4v) is 5.81. The lowest BCUT2D eigenvalue weighted by atomic mass is 9.91. The second-order valence-electron chi connectivity index (χ2n) is 7.11. The number of sulfonamides is 1. The van der Waals surface area contributed by atoms with Crippen LogP contribution < -0.4 is 5.73 Å². The Balaban J connectivity index is 2.71. The van der Waals surface area contributed by atoms with E-state index < -0.39 is 28.0 Å². The van der Waals surface area contributed by atoms with Crippen LogP contribution in [0.15, 0.2) is 29.8 Å². The third kappa shape index (κ3) is 4.09. The van der Waals surface area contributed by atoms with Crippen LogP contribution in [-0.4, -0.2) is 54.6 Å². The highest BCUT2D eigenvalue weighted by atomic mass is 35.5. The summed E-state index contributed by atoms with van der Waals surface area (Å²) in [5, 5.41) is 0.478. The molecule has 1 aliphatic heterocycles. The second kappa shape index (κ2) is 8.23. The number of hydrogen-bond donors (Lipinski definition) is 1. The molecule has 154 valence electrons. The molecule has 0 atom stereocenters. The SMILES string of the molecule is CCC(=O)N(CC)CC1=C(c2ccc(Cl)cc2)S(=O)(=O)N(CC(N)=O)C1(C)C. The average Bonchev–Trinajstić information content (AvgIpc) is 2.76. The molecule has 1 aliphatic rings. The normalized spacial score (nSPS) is 18.3. The minimum absolute atomic E-state index is 0.0768. The van der Waals surface area contributed by atoms with E-state index in [4.69, 9.17) is 17.3 Å². The number of carbonyl (C=O) groups is 2. The third-order valence-corrected chi connectivity index (χ3v) is 7.39. The van der Waals surface area contributed by atoms with Gasteiger partial charge in [-0.1, -0.05) is 30.7 Å². The van der Waals surface area contributed by atoms with Gasteiger partial charge in [0.15, 0.2) is 0 Å². The van der Waals surface area contributed by atoms with Gasteiger partial charge in [-0.3, -0.25) is 9.59 Å². The van der Waals surface area contributed by atoms with E-state index in [0.717, 1.165) is 4.31 Å². The van der Waals surface area contributed by atoms with Crippen LogP contribution in [0.2, 0.25) is 5.02 Å². The summed E-state index contributed by atoms with van der Waals surface area (Å²) in [6.07, 6.45) is 0.315. The molecule has 0 aliphatic carbocycles. The minimum atomic E-state index is -4.00. The number of halogens is 1. The van der Waals surface area contributed by atoms with Gasteiger partial charge >= 0.3 is 0 Å². The van der Waals surface area contributed by atoms with E-state index in [1.807, 2.05) is 6.92 Å². The zero-order valence-electron chi connectivity index (χ0n) is 16.5. The molecule has 1 aromatic carbocycles. The average molecular weight is 428 g/mol. The molecule has 28 heavy (non-hydrogen) atoms. The van der Waals surface area contributed by atoms with Crippen molar-refractivity contribution < 1.29 is 18.0 Å². The molecule has 1 heterocycles. The van der Waals surface area contributed by atoms with E-state index in [0.29, 0.717) is 29.1 Å². The Morgan fingerprint density at radius 1 is 1.18 bits per heavy atom. The van der Waals surface area contributed by atoms with Gasteiger partial charge in [-0.15, -0.1) is 0 Å². The molecule has 0 bridgehead atoms. The van der Waals surface area contributed by atoms with Crippen molar-refractivity contribution in [3.05, 3.63) is 40.4 Å². The van der Waals surface area contributed by atoms with Crippen molar-refractivity contribution in [3.63, 3.8) is 0 Å². The first-order chi connectivity index (χ1) is 13.0. The van der Waals surface area contributed by atoms with E-state index >= 15 is 0 Å². The number of hydrogen-bond acceptors (Lipinski definition) is 4. The van der Waals surface area contributed by atoms with Crippen LogP contribution in [0.1, 0.15) is 39.7 Å². The van der Waals surface area contributed by atoms with Gasteiger partial charge < -0.3 is 10.6 Å². The van der Waals surface area contributed by atoms with Crippen molar-refractivity contribution in [1.82, 2.24) is 9.21 Å². The van der Waals surface area contributed by atoms with Gasteiger partial charge in [0.2, 0.25) is 21.8 Å². The quantitative estimate of drug-likeness (QED) is 0.720. The van der Waals surface area contributed by atoms with E-state index in [-0.39, 0.29) is 17.4 Å². The Labute approximate surface area is 171 Å². The highest BCUT2D eigenvalue weighted by Gasteiger charge is 2.51. The van der Waals surface area contributed by atoms with Crippen LogP contribution >= 0.6 is 11.6 Å². The van der Waals surface area contributed by atoms with Crippen LogP contribution in [0.3, 0.4) is 0 Å². The van der Waals surface area contributed by atoms with Crippen molar-refractivity contribution >= 4 is 38.3 Å². The number of carbonyl (C=O) groups excluding carboxylic acids is 2. The predicted molar refractivity (Wildman–Crippen MR) is 110 cm³/mol. The van der Waals surface area contributed by atoms with Crippen LogP contribution in [0, 0.1) is 0 Å². The standard InChI is InChI=1S/C19H26ClN3O4S/c1-5-17(25)22(6-2)11-15-18(13-7-9-14(20)10-8-13)28(26,27)23(12-16(21)24)19(15,3)4/h7-10H,5-6,11-12H2,1-4H3,(H2,21,24). The topological polar surface area (TPSA) is 101 Å². The van der Waals surface area contributed by atoms with E-state index in [1.165, 1.54) is 0 Å². The van der Waals surface area contributed by atoms with Crippen molar-refractivity contribution in [2.24, 2.45) is 5.73 Å². The summed E-state index contributed by atoms with van der Waals surface area (Å²) in [4.78, 5) is 25.6. The molecule has 0 saturated carbocycles. The van der Waals surface area contributed by atoms with E-state index in [1.54, 1.807) is 49.9 Å². The Hall–Kier alpha value is -1.90. The number of rotatable bonds is 7. The van der Waals surface area contributed by atoms with E-state index in [9.17, 15) is 18.0 Å². The maximum Gasteiger partial charge on any atom is 0.245 e. The molecular formula is C19H26ClN3O4S. The van der Waals surface area contributed by atoms with Gasteiger partial charge in [0, 0.05) is 24.5 Å². The van der Waals surface area contributed by atoms with Crippen molar-refractivity contribution in [2.75, 3.05) is 19.6 Å². The lowest BCUT2D eigenvalue weighted by molar-refractivity contribution is -0.130. The summed E-state index contributed by atoms with van der Waals surface area (Å²) in [5.41, 5.74) is 5.29. The largest absolute Gasteiger partial charge is 0.369 e. The molecule has 7 nitrogen and oxygen atoms in total. The van der Waals surface area contributed by atoms with Gasteiger partial charge in [0.05, 0.1) is 17.0 Å². The Kier molecular flexibility index (Phi) is 6.58. The van der Waals surface area contributed by atoms with Crippen LogP contribution in [0.5, 0.6) is 0 Å². The summed E-state index contributed by atoms with van der Waals surface area (Å²) in [6, 6.07) is 6.46. The minimum Gasteiger partial charge on any atom is -0.369 e. The summed E-state index contributed by atoms with van der Waals surface area (Å²) < 4.78 is 27.8. The first kappa shape index (κ1) is 22.4. The highest BCUT2D eigenvalue weighted by molar-refractivity contribution is 7.98. The lowest BCUT2D eigenvalue weighted by Gasteiger charge is -2.33. The number of amides is 2. The molecule has 2 amide bonds. The van der Waals surface area contributed by atoms with Crippen molar-refractivity contribution in [2.45, 2.75) is 39.7 Å². The summed E-state index contributed by atoms with van der Waals surface area (Å²) in [7, 11) is -4.00. The summed E-state index contributed by atoms with van der Waals surface area (Å²) in [5.74, 6) is -0.822. The molecule has 0 saturated heterocycles. The summed E-state index contributed by atoms with van der Waals surface area (Å²) in [6.45, 7) is 7.18. The molecule has 2 rings (SSSR count). The van der Waals surface area contributed by atoms with E-state index in [2.05, 4.69) is 0 Å². The molecule has 2 N–H and O–H groups in total. The Bertz CT molecular complexity index is 908. The van der Waals surface area contributed by atoms with Crippen molar-refractivity contribution in [3.8, 4) is 0 Å². The zero-order chi connectivity index (χ0) is 21.3. The Morgan fingerprint density at radius 2 is 1.75 bits per heavy atom. The van der Waals surface area contributed by atoms with Crippen molar-refractivity contribution in [1.29, 1.82) is 0 Å². The summed E-state index contributed by atoms with van der Waals surface area (Å²) >= 11 is 5.96. The van der Waals surface area contributed by atoms with Gasteiger partial charge in [0.25, 0.3) is 0 Å². The van der Waals surface area contributed by atoms with Crippen LogP contribution in [0.4, 0.5) is 0 Å². The molecule has 0 radical (unpaired) electrons. The van der Waals surface area contributed by atoms with Gasteiger partial charge in [-0.25, -0.2) is 8.42 Å². The van der Waals surface area contributed by atoms with Crippen LogP contribution in [0.25, 0.3) is 4.91 Å². The zero-order valence-corrected chi connectivity index (χ0v) is 18.1. The number of nitrogens with two attached hydrogens (primary N) is 1. The van der Waals surface area contributed by atoms with Crippen LogP contribution in [-0.2, 0) is 19.6 Å². The molecule has 0 fully saturated rings. The maximum absolute atomic E-state index is 13.4. The maximum atomic E-state index is 13.4. The first-order valence-corrected chi connectivity index (χ1v) is 10.9. The number of benzene rings is 1. The molecular weight excluding hydrogens is 402 g/mol. The van der Waals surface area contributed by atoms with Gasteiger partial charge in [0.1, 0.15) is 0 Å². The highest BCUT2D eigenvalue weighted by Crippen LogP contribution is 2.45. The Morgan fingerprint density at radius 3 is 2.21 bits per heavy atom. The molecule has 0 aromatic heterocycles. The lowest BCUT2D eigenvalue weighted by Crippen LogP contribution is -2.49. The fraction of sp³-hybridized carbons (Fsp3) is 0.474.